The number of aromatic nitrogens is 1. The van der Waals surface area contributed by atoms with Crippen LogP contribution in [0, 0.1) is 0 Å². The fourth-order valence-electron chi connectivity index (χ4n) is 3.57. The van der Waals surface area contributed by atoms with Crippen molar-refractivity contribution in [3.05, 3.63) is 88.2 Å². The van der Waals surface area contributed by atoms with Gasteiger partial charge in [-0.05, 0) is 70.7 Å². The molecule has 0 atom stereocenters. The lowest BCUT2D eigenvalue weighted by atomic mass is 9.88. The number of halogens is 1. The van der Waals surface area contributed by atoms with Crippen LogP contribution >= 0.6 is 11.6 Å². The van der Waals surface area contributed by atoms with Gasteiger partial charge in [0, 0.05) is 18.2 Å². The molecule has 1 aliphatic heterocycles. The fourth-order valence-corrected chi connectivity index (χ4v) is 3.68. The van der Waals surface area contributed by atoms with Gasteiger partial charge < -0.3 is 9.84 Å². The smallest absolute Gasteiger partial charge is 0.129 e. The maximum atomic E-state index is 9.70. The third-order valence-electron chi connectivity index (χ3n) is 4.87. The Hall–Kier alpha value is -2.78. The van der Waals surface area contributed by atoms with Crippen LogP contribution in [0.2, 0.25) is 5.15 Å². The predicted octanol–water partition coefficient (Wildman–Crippen LogP) is 5.74. The summed E-state index contributed by atoms with van der Waals surface area (Å²) in [4.78, 5) is 4.27. The normalized spacial score (nSPS) is 13.7. The first-order valence-corrected chi connectivity index (χ1v) is 9.44. The molecule has 3 nitrogen and oxygen atoms in total. The molecule has 2 aromatic carbocycles. The van der Waals surface area contributed by atoms with E-state index < -0.39 is 0 Å². The molecule has 4 heteroatoms. The van der Waals surface area contributed by atoms with Crippen molar-refractivity contribution in [1.82, 2.24) is 4.98 Å². The van der Waals surface area contributed by atoms with Crippen molar-refractivity contribution < 1.29 is 9.84 Å². The lowest BCUT2D eigenvalue weighted by Crippen LogP contribution is -1.96. The average Bonchev–Trinajstić information content (AvgIpc) is 3.16. The Morgan fingerprint density at radius 3 is 2.48 bits per heavy atom. The Balaban J connectivity index is 1.93. The highest BCUT2D eigenvalue weighted by molar-refractivity contribution is 6.29. The van der Waals surface area contributed by atoms with E-state index in [0.29, 0.717) is 5.15 Å². The number of hydrogen-bond donors (Lipinski definition) is 1. The van der Waals surface area contributed by atoms with E-state index in [0.717, 1.165) is 41.9 Å². The number of rotatable bonds is 4. The van der Waals surface area contributed by atoms with Gasteiger partial charge in [-0.2, -0.15) is 0 Å². The van der Waals surface area contributed by atoms with E-state index in [1.54, 1.807) is 24.4 Å². The van der Waals surface area contributed by atoms with Gasteiger partial charge in [0.2, 0.25) is 0 Å². The van der Waals surface area contributed by atoms with Gasteiger partial charge in [0.15, 0.2) is 0 Å². The molecule has 0 saturated carbocycles. The number of phenolic OH excluding ortho intramolecular Hbond substituents is 1. The van der Waals surface area contributed by atoms with Crippen molar-refractivity contribution in [2.75, 3.05) is 6.61 Å². The van der Waals surface area contributed by atoms with Gasteiger partial charge in [0.25, 0.3) is 0 Å². The van der Waals surface area contributed by atoms with Crippen molar-refractivity contribution in [1.29, 1.82) is 0 Å². The van der Waals surface area contributed by atoms with E-state index in [2.05, 4.69) is 30.1 Å². The number of phenols is 1. The molecule has 2 heterocycles. The van der Waals surface area contributed by atoms with E-state index in [1.807, 2.05) is 18.2 Å². The molecule has 0 fully saturated rings. The third kappa shape index (κ3) is 3.56. The molecule has 4 rings (SSSR count). The quantitative estimate of drug-likeness (QED) is 0.465. The van der Waals surface area contributed by atoms with E-state index >= 15 is 0 Å². The van der Waals surface area contributed by atoms with Gasteiger partial charge in [-0.25, -0.2) is 4.98 Å². The summed E-state index contributed by atoms with van der Waals surface area (Å²) in [5, 5.41) is 10.2. The number of ether oxygens (including phenoxy) is 1. The fraction of sp³-hybridized carbons (Fsp3) is 0.174. The van der Waals surface area contributed by atoms with E-state index in [1.165, 1.54) is 16.7 Å². The summed E-state index contributed by atoms with van der Waals surface area (Å²) in [5.74, 6) is 1.23. The molecular formula is C23H20ClNO2. The largest absolute Gasteiger partial charge is 0.508 e. The molecule has 27 heavy (non-hydrogen) atoms. The predicted molar refractivity (Wildman–Crippen MR) is 109 cm³/mol. The van der Waals surface area contributed by atoms with Crippen molar-refractivity contribution in [3.63, 3.8) is 0 Å². The monoisotopic (exact) mass is 377 g/mol. The van der Waals surface area contributed by atoms with Crippen molar-refractivity contribution in [3.8, 4) is 11.5 Å². The van der Waals surface area contributed by atoms with Crippen LogP contribution in [-0.2, 0) is 6.42 Å². The summed E-state index contributed by atoms with van der Waals surface area (Å²) in [6, 6.07) is 17.5. The van der Waals surface area contributed by atoms with Crippen LogP contribution < -0.4 is 4.74 Å². The SMILES string of the molecule is CC/C(=C(\c1ccc(O)cc1)c1ccc(Cl)nc1)c1ccc2c(c1)CCO2. The summed E-state index contributed by atoms with van der Waals surface area (Å²) in [5.41, 5.74) is 6.78. The topological polar surface area (TPSA) is 42.4 Å². The Morgan fingerprint density at radius 1 is 1.04 bits per heavy atom. The van der Waals surface area contributed by atoms with Gasteiger partial charge in [-0.15, -0.1) is 0 Å². The first kappa shape index (κ1) is 17.6. The molecule has 0 aliphatic carbocycles. The van der Waals surface area contributed by atoms with Crippen LogP contribution in [0.4, 0.5) is 0 Å². The van der Waals surface area contributed by atoms with E-state index in [4.69, 9.17) is 16.3 Å². The van der Waals surface area contributed by atoms with E-state index in [-0.39, 0.29) is 5.75 Å². The van der Waals surface area contributed by atoms with Crippen LogP contribution in [0.15, 0.2) is 60.8 Å². The summed E-state index contributed by atoms with van der Waals surface area (Å²) in [7, 11) is 0. The molecule has 0 saturated heterocycles. The average molecular weight is 378 g/mol. The molecule has 3 aromatic rings. The van der Waals surface area contributed by atoms with Gasteiger partial charge in [0.05, 0.1) is 6.61 Å². The Kier molecular flexibility index (Phi) is 4.87. The Labute approximate surface area is 163 Å². The van der Waals surface area contributed by atoms with Gasteiger partial charge in [0.1, 0.15) is 16.7 Å². The lowest BCUT2D eigenvalue weighted by Gasteiger charge is -2.17. The molecule has 0 bridgehead atoms. The van der Waals surface area contributed by atoms with Crippen LogP contribution in [0.3, 0.4) is 0 Å². The number of hydrogen-bond acceptors (Lipinski definition) is 3. The first-order valence-electron chi connectivity index (χ1n) is 9.06. The molecule has 0 amide bonds. The van der Waals surface area contributed by atoms with Crippen molar-refractivity contribution >= 4 is 22.7 Å². The second kappa shape index (κ2) is 7.45. The molecule has 0 unspecified atom stereocenters. The zero-order valence-electron chi connectivity index (χ0n) is 15.1. The van der Waals surface area contributed by atoms with Gasteiger partial charge >= 0.3 is 0 Å². The summed E-state index contributed by atoms with van der Waals surface area (Å²) < 4.78 is 5.65. The Bertz CT molecular complexity index is 944. The maximum Gasteiger partial charge on any atom is 0.129 e. The first-order chi connectivity index (χ1) is 13.2. The lowest BCUT2D eigenvalue weighted by molar-refractivity contribution is 0.357. The third-order valence-corrected chi connectivity index (χ3v) is 5.09. The maximum absolute atomic E-state index is 9.70. The zero-order chi connectivity index (χ0) is 18.8. The highest BCUT2D eigenvalue weighted by atomic mass is 35.5. The minimum absolute atomic E-state index is 0.250. The molecule has 0 spiro atoms. The highest BCUT2D eigenvalue weighted by Crippen LogP contribution is 2.37. The number of nitrogens with zero attached hydrogens (tertiary/aromatic N) is 1. The van der Waals surface area contributed by atoms with Crippen LogP contribution in [0.25, 0.3) is 11.1 Å². The molecule has 1 aromatic heterocycles. The minimum Gasteiger partial charge on any atom is -0.508 e. The molecule has 1 N–H and O–H groups in total. The van der Waals surface area contributed by atoms with Crippen LogP contribution in [0.1, 0.15) is 35.6 Å². The molecule has 136 valence electrons. The van der Waals surface area contributed by atoms with Crippen molar-refractivity contribution in [2.24, 2.45) is 0 Å². The number of fused-ring (bicyclic) bond motifs is 1. The second-order valence-corrected chi connectivity index (χ2v) is 6.93. The molecule has 0 radical (unpaired) electrons. The highest BCUT2D eigenvalue weighted by Gasteiger charge is 2.17. The minimum atomic E-state index is 0.250. The van der Waals surface area contributed by atoms with Crippen molar-refractivity contribution in [2.45, 2.75) is 19.8 Å². The molecular weight excluding hydrogens is 358 g/mol. The summed E-state index contributed by atoms with van der Waals surface area (Å²) >= 11 is 6.00. The number of allylic oxidation sites excluding steroid dienone is 1. The van der Waals surface area contributed by atoms with E-state index in [9.17, 15) is 5.11 Å². The van der Waals surface area contributed by atoms with Crippen LogP contribution in [0.5, 0.6) is 11.5 Å². The second-order valence-electron chi connectivity index (χ2n) is 6.54. The van der Waals surface area contributed by atoms with Gasteiger partial charge in [-0.1, -0.05) is 36.7 Å². The van der Waals surface area contributed by atoms with Gasteiger partial charge in [-0.3, -0.25) is 0 Å². The molecule has 1 aliphatic rings. The standard InChI is InChI=1S/C23H20ClNO2/c1-2-20(16-5-9-21-17(13-16)11-12-27-21)23(15-3-7-19(26)8-4-15)18-6-10-22(24)25-14-18/h3-10,13-14,26H,2,11-12H2,1H3/b23-20-. The number of aromatic hydroxyl groups is 1. The zero-order valence-corrected chi connectivity index (χ0v) is 15.8. The Morgan fingerprint density at radius 2 is 1.78 bits per heavy atom. The summed E-state index contributed by atoms with van der Waals surface area (Å²) in [6.45, 7) is 2.90. The van der Waals surface area contributed by atoms with Crippen LogP contribution in [-0.4, -0.2) is 16.7 Å². The number of pyridine rings is 1. The summed E-state index contributed by atoms with van der Waals surface area (Å²) in [6.07, 6.45) is 3.60. The number of benzene rings is 2.